The molecule has 1 saturated heterocycles. The van der Waals surface area contributed by atoms with Crippen LogP contribution in [0.3, 0.4) is 0 Å². The number of hydrogen-bond acceptors (Lipinski definition) is 6. The van der Waals surface area contributed by atoms with E-state index in [1.807, 2.05) is 37.3 Å². The van der Waals surface area contributed by atoms with Crippen molar-refractivity contribution in [2.75, 3.05) is 18.4 Å². The van der Waals surface area contributed by atoms with Crippen LogP contribution in [0.25, 0.3) is 17.0 Å². The van der Waals surface area contributed by atoms with E-state index < -0.39 is 12.0 Å². The summed E-state index contributed by atoms with van der Waals surface area (Å²) in [5.74, 6) is -2.37. The quantitative estimate of drug-likeness (QED) is 0.508. The number of imidazole rings is 1. The van der Waals surface area contributed by atoms with Crippen LogP contribution < -0.4 is 5.32 Å². The second-order valence-corrected chi connectivity index (χ2v) is 7.95. The molecular formula is C22H20F2N6O2. The van der Waals surface area contributed by atoms with Crippen molar-refractivity contribution in [1.82, 2.24) is 24.4 Å². The second kappa shape index (κ2) is 7.49. The highest BCUT2D eigenvalue weighted by Gasteiger charge is 2.47. The number of carbonyl (C=O) groups is 1. The third kappa shape index (κ3) is 3.62. The minimum Gasteiger partial charge on any atom is -0.337 e. The van der Waals surface area contributed by atoms with Crippen molar-refractivity contribution in [3.63, 3.8) is 0 Å². The van der Waals surface area contributed by atoms with Crippen molar-refractivity contribution in [3.8, 4) is 11.4 Å². The zero-order valence-electron chi connectivity index (χ0n) is 17.4. The summed E-state index contributed by atoms with van der Waals surface area (Å²) in [6.07, 6.45) is 3.30. The molecule has 10 heteroatoms. The van der Waals surface area contributed by atoms with E-state index in [9.17, 15) is 13.6 Å². The molecule has 3 aromatic heterocycles. The fraction of sp³-hybridized carbons (Fsp3) is 0.273. The van der Waals surface area contributed by atoms with Gasteiger partial charge in [-0.15, -0.1) is 0 Å². The normalized spacial score (nSPS) is 16.6. The smallest absolute Gasteiger partial charge is 0.274 e. The number of amides is 1. The van der Waals surface area contributed by atoms with Crippen LogP contribution in [-0.4, -0.2) is 49.3 Å². The minimum atomic E-state index is -2.66. The maximum absolute atomic E-state index is 13.2. The predicted molar refractivity (Wildman–Crippen MR) is 113 cm³/mol. The third-order valence-electron chi connectivity index (χ3n) is 5.61. The van der Waals surface area contributed by atoms with Gasteiger partial charge in [0.2, 0.25) is 11.7 Å². The highest BCUT2D eigenvalue weighted by atomic mass is 19.3. The molecule has 0 saturated carbocycles. The number of nitrogens with one attached hydrogen (secondary N) is 1. The van der Waals surface area contributed by atoms with Gasteiger partial charge in [-0.05, 0) is 37.6 Å². The summed E-state index contributed by atoms with van der Waals surface area (Å²) in [5, 5.41) is 6.91. The average molecular weight is 438 g/mol. The lowest BCUT2D eigenvalue weighted by Crippen LogP contribution is -2.56. The summed E-state index contributed by atoms with van der Waals surface area (Å²) in [5.41, 5.74) is 3.18. The van der Waals surface area contributed by atoms with Gasteiger partial charge in [0.15, 0.2) is 0 Å². The molecule has 5 rings (SSSR count). The maximum atomic E-state index is 13.2. The first-order valence-corrected chi connectivity index (χ1v) is 10.1. The molecular weight excluding hydrogens is 418 g/mol. The molecule has 0 aliphatic carbocycles. The first-order chi connectivity index (χ1) is 15.3. The maximum Gasteiger partial charge on any atom is 0.274 e. The Bertz CT molecular complexity index is 1310. The summed E-state index contributed by atoms with van der Waals surface area (Å²) >= 11 is 0. The Labute approximate surface area is 181 Å². The van der Waals surface area contributed by atoms with Crippen LogP contribution in [0.4, 0.5) is 14.5 Å². The van der Waals surface area contributed by atoms with Gasteiger partial charge in [-0.2, -0.15) is 4.98 Å². The SMILES string of the molecule is Cc1ccc(-c2noc(C(C)N3CC(F)(F)C3)n2)cc1NC(=O)c1cnc2ccccn12. The molecule has 0 spiro atoms. The molecule has 4 aromatic rings. The number of rotatable bonds is 5. The van der Waals surface area contributed by atoms with E-state index >= 15 is 0 Å². The van der Waals surface area contributed by atoms with Gasteiger partial charge >= 0.3 is 0 Å². The highest BCUT2D eigenvalue weighted by Crippen LogP contribution is 2.34. The molecule has 0 bridgehead atoms. The van der Waals surface area contributed by atoms with Crippen LogP contribution in [0, 0.1) is 6.92 Å². The summed E-state index contributed by atoms with van der Waals surface area (Å²) in [4.78, 5) is 23.1. The lowest BCUT2D eigenvalue weighted by molar-refractivity contribution is -0.147. The van der Waals surface area contributed by atoms with E-state index in [1.165, 1.54) is 6.20 Å². The fourth-order valence-electron chi connectivity index (χ4n) is 3.68. The van der Waals surface area contributed by atoms with Crippen molar-refractivity contribution in [3.05, 3.63) is 65.9 Å². The molecule has 1 unspecified atom stereocenters. The lowest BCUT2D eigenvalue weighted by atomic mass is 10.1. The van der Waals surface area contributed by atoms with Gasteiger partial charge < -0.3 is 9.84 Å². The molecule has 4 heterocycles. The molecule has 8 nitrogen and oxygen atoms in total. The number of anilines is 1. The molecule has 164 valence electrons. The number of halogens is 2. The minimum absolute atomic E-state index is 0.271. The number of alkyl halides is 2. The highest BCUT2D eigenvalue weighted by molar-refractivity contribution is 6.04. The molecule has 1 aromatic carbocycles. The van der Waals surface area contributed by atoms with Crippen LogP contribution in [0.5, 0.6) is 0 Å². The van der Waals surface area contributed by atoms with Gasteiger partial charge in [-0.1, -0.05) is 23.4 Å². The van der Waals surface area contributed by atoms with E-state index in [0.29, 0.717) is 28.4 Å². The number of aromatic nitrogens is 4. The van der Waals surface area contributed by atoms with Crippen LogP contribution in [-0.2, 0) is 0 Å². The second-order valence-electron chi connectivity index (χ2n) is 7.95. The van der Waals surface area contributed by atoms with Gasteiger partial charge in [0.1, 0.15) is 11.3 Å². The fourth-order valence-corrected chi connectivity index (χ4v) is 3.68. The first-order valence-electron chi connectivity index (χ1n) is 10.1. The zero-order valence-corrected chi connectivity index (χ0v) is 17.4. The molecule has 0 radical (unpaired) electrons. The Hall–Kier alpha value is -3.66. The van der Waals surface area contributed by atoms with Gasteiger partial charge in [-0.25, -0.2) is 13.8 Å². The Morgan fingerprint density at radius 3 is 2.84 bits per heavy atom. The standard InChI is InChI=1S/C22H20F2N6O2/c1-13-6-7-15(19-27-21(32-28-19)14(2)29-11-22(23,24)12-29)9-16(13)26-20(31)17-10-25-18-5-3-4-8-30(17)18/h3-10,14H,11-12H2,1-2H3,(H,26,31). The zero-order chi connectivity index (χ0) is 22.5. The van der Waals surface area contributed by atoms with Gasteiger partial charge in [0.05, 0.1) is 25.3 Å². The van der Waals surface area contributed by atoms with Crippen LogP contribution in [0.15, 0.2) is 53.3 Å². The van der Waals surface area contributed by atoms with Crippen molar-refractivity contribution >= 4 is 17.2 Å². The van der Waals surface area contributed by atoms with Crippen molar-refractivity contribution < 1.29 is 18.1 Å². The molecule has 1 amide bonds. The Morgan fingerprint density at radius 1 is 1.25 bits per heavy atom. The molecule has 1 fully saturated rings. The van der Waals surface area contributed by atoms with Crippen LogP contribution in [0.2, 0.25) is 0 Å². The number of nitrogens with zero attached hydrogens (tertiary/aromatic N) is 5. The number of aryl methyl sites for hydroxylation is 1. The first kappa shape index (κ1) is 20.3. The number of likely N-dealkylation sites (tertiary alicyclic amines) is 1. The Kier molecular flexibility index (Phi) is 4.74. The molecule has 32 heavy (non-hydrogen) atoms. The molecule has 1 aliphatic heterocycles. The largest absolute Gasteiger partial charge is 0.337 e. The van der Waals surface area contributed by atoms with Crippen molar-refractivity contribution in [2.24, 2.45) is 0 Å². The van der Waals surface area contributed by atoms with E-state index in [1.54, 1.807) is 28.5 Å². The van der Waals surface area contributed by atoms with E-state index in [0.717, 1.165) is 5.56 Å². The third-order valence-corrected chi connectivity index (χ3v) is 5.61. The number of fused-ring (bicyclic) bond motifs is 1. The molecule has 1 aliphatic rings. The number of carbonyl (C=O) groups excluding carboxylic acids is 1. The summed E-state index contributed by atoms with van der Waals surface area (Å²) in [6.45, 7) is 2.98. The summed E-state index contributed by atoms with van der Waals surface area (Å²) in [7, 11) is 0. The molecule has 1 N–H and O–H groups in total. The van der Waals surface area contributed by atoms with Crippen molar-refractivity contribution in [2.45, 2.75) is 25.8 Å². The summed E-state index contributed by atoms with van der Waals surface area (Å²) < 4.78 is 33.3. The van der Waals surface area contributed by atoms with E-state index in [4.69, 9.17) is 4.52 Å². The van der Waals surface area contributed by atoms with Crippen LogP contribution >= 0.6 is 0 Å². The van der Waals surface area contributed by atoms with E-state index in [2.05, 4.69) is 20.4 Å². The number of pyridine rings is 1. The number of hydrogen-bond donors (Lipinski definition) is 1. The average Bonchev–Trinajstić information content (AvgIpc) is 3.40. The monoisotopic (exact) mass is 438 g/mol. The van der Waals surface area contributed by atoms with E-state index in [-0.39, 0.29) is 24.9 Å². The molecule has 1 atom stereocenters. The summed E-state index contributed by atoms with van der Waals surface area (Å²) in [6, 6.07) is 10.5. The predicted octanol–water partition coefficient (Wildman–Crippen LogP) is 3.96. The lowest BCUT2D eigenvalue weighted by Gasteiger charge is -2.41. The van der Waals surface area contributed by atoms with Crippen molar-refractivity contribution in [1.29, 1.82) is 0 Å². The Balaban J connectivity index is 1.36. The van der Waals surface area contributed by atoms with Crippen LogP contribution in [0.1, 0.15) is 34.9 Å². The van der Waals surface area contributed by atoms with Gasteiger partial charge in [0, 0.05) is 17.4 Å². The Morgan fingerprint density at radius 2 is 2.06 bits per heavy atom. The topological polar surface area (TPSA) is 88.6 Å². The number of benzene rings is 1. The van der Waals surface area contributed by atoms with Gasteiger partial charge in [-0.3, -0.25) is 14.1 Å². The van der Waals surface area contributed by atoms with Gasteiger partial charge in [0.25, 0.3) is 11.8 Å².